The first-order valence-electron chi connectivity index (χ1n) is 11.8. The Morgan fingerprint density at radius 3 is 2.44 bits per heavy atom. The van der Waals surface area contributed by atoms with Crippen LogP contribution in [0, 0.1) is 18.4 Å². The molecule has 1 aromatic carbocycles. The Morgan fingerprint density at radius 2 is 1.88 bits per heavy atom. The van der Waals surface area contributed by atoms with Crippen molar-refractivity contribution in [3.63, 3.8) is 0 Å². The van der Waals surface area contributed by atoms with Crippen LogP contribution >= 0.6 is 0 Å². The van der Waals surface area contributed by atoms with Gasteiger partial charge in [0.2, 0.25) is 23.1 Å². The highest BCUT2D eigenvalue weighted by Crippen LogP contribution is 2.32. The Balaban J connectivity index is 0.00000108. The Labute approximate surface area is 237 Å². The molecule has 9 nitrogen and oxygen atoms in total. The quantitative estimate of drug-likeness (QED) is 0.284. The number of rotatable bonds is 8. The number of pyridine rings is 1. The van der Waals surface area contributed by atoms with Crippen molar-refractivity contribution >= 4 is 17.4 Å². The van der Waals surface area contributed by atoms with Gasteiger partial charge >= 0.3 is 6.18 Å². The fourth-order valence-corrected chi connectivity index (χ4v) is 3.49. The number of benzene rings is 1. The predicted octanol–water partition coefficient (Wildman–Crippen LogP) is 5.29. The summed E-state index contributed by atoms with van der Waals surface area (Å²) < 4.78 is 53.3. The number of nitriles is 1. The molecule has 1 amide bonds. The standard InChI is InChI=1S/C27H25F3N4O2.CN2OS/c1-5-17(2)9-10-18(3)12-33-26(36)23-15-34(22-13-31-16-32-14-22)19(4)24(25(23)35)20-7-6-8-21(11-20)27(28,29)30;2-1-3-5-4/h6-11,13-16H,2-3,5,12H2,1,4H3,(H,33,36);/b10-9-;. The van der Waals surface area contributed by atoms with E-state index in [1.807, 2.05) is 6.92 Å². The maximum absolute atomic E-state index is 13.4. The first-order valence-corrected chi connectivity index (χ1v) is 12.5. The van der Waals surface area contributed by atoms with E-state index >= 15 is 0 Å². The molecule has 0 saturated heterocycles. The molecule has 3 rings (SSSR count). The van der Waals surface area contributed by atoms with Crippen molar-refractivity contribution in [1.82, 2.24) is 19.9 Å². The molecule has 0 aliphatic carbocycles. The summed E-state index contributed by atoms with van der Waals surface area (Å²) in [4.78, 5) is 34.4. The molecule has 13 heteroatoms. The number of carbonyl (C=O) groups excluding carboxylic acids is 1. The molecule has 0 aliphatic rings. The summed E-state index contributed by atoms with van der Waals surface area (Å²) in [6, 6.07) is 4.44. The number of nitrogens with zero attached hydrogens (tertiary/aromatic N) is 5. The van der Waals surface area contributed by atoms with Crippen LogP contribution in [0.25, 0.3) is 16.8 Å². The van der Waals surface area contributed by atoms with Gasteiger partial charge in [-0.15, -0.1) is 0 Å². The van der Waals surface area contributed by atoms with E-state index in [0.717, 1.165) is 24.1 Å². The van der Waals surface area contributed by atoms with Crippen molar-refractivity contribution < 1.29 is 22.2 Å². The molecule has 0 spiro atoms. The van der Waals surface area contributed by atoms with Gasteiger partial charge in [-0.2, -0.15) is 22.6 Å². The van der Waals surface area contributed by atoms with E-state index in [1.165, 1.54) is 47.8 Å². The highest BCUT2D eigenvalue weighted by molar-refractivity contribution is 7.54. The van der Waals surface area contributed by atoms with Gasteiger partial charge in [0.25, 0.3) is 5.91 Å². The molecule has 1 N–H and O–H groups in total. The molecular weight excluding hydrogens is 557 g/mol. The van der Waals surface area contributed by atoms with E-state index in [4.69, 9.17) is 9.47 Å². The molecule has 41 heavy (non-hydrogen) atoms. The summed E-state index contributed by atoms with van der Waals surface area (Å²) in [5, 5.41) is 10.1. The lowest BCUT2D eigenvalue weighted by atomic mass is 9.98. The number of halogens is 3. The van der Waals surface area contributed by atoms with Crippen molar-refractivity contribution in [2.75, 3.05) is 6.54 Å². The van der Waals surface area contributed by atoms with E-state index in [1.54, 1.807) is 19.1 Å². The Bertz CT molecular complexity index is 1620. The molecule has 2 heterocycles. The van der Waals surface area contributed by atoms with E-state index in [0.29, 0.717) is 17.0 Å². The monoisotopic (exact) mass is 582 g/mol. The smallest absolute Gasteiger partial charge is 0.348 e. The minimum Gasteiger partial charge on any atom is -0.348 e. The topological polar surface area (TPSA) is 130 Å². The lowest BCUT2D eigenvalue weighted by molar-refractivity contribution is -0.137. The van der Waals surface area contributed by atoms with Gasteiger partial charge in [0.05, 0.1) is 23.6 Å². The zero-order valence-electron chi connectivity index (χ0n) is 22.1. The third-order valence-electron chi connectivity index (χ3n) is 5.56. The molecule has 0 radical (unpaired) electrons. The molecule has 0 aliphatic heterocycles. The molecule has 0 unspecified atom stereocenters. The second kappa shape index (κ2) is 15.0. The van der Waals surface area contributed by atoms with Gasteiger partial charge in [-0.25, -0.2) is 9.97 Å². The fourth-order valence-electron chi connectivity index (χ4n) is 3.46. The van der Waals surface area contributed by atoms with Gasteiger partial charge in [-0.3, -0.25) is 9.59 Å². The van der Waals surface area contributed by atoms with Crippen LogP contribution in [0.2, 0.25) is 0 Å². The fraction of sp³-hybridized carbons (Fsp3) is 0.179. The van der Waals surface area contributed by atoms with E-state index in [9.17, 15) is 22.8 Å². The summed E-state index contributed by atoms with van der Waals surface area (Å²) in [5.41, 5.74) is 0.400. The van der Waals surface area contributed by atoms with Gasteiger partial charge in [-0.05, 0) is 36.6 Å². The number of alkyl halides is 3. The molecule has 0 saturated carbocycles. The Hall–Kier alpha value is -4.96. The van der Waals surface area contributed by atoms with Crippen LogP contribution in [0.1, 0.15) is 35.0 Å². The average Bonchev–Trinajstić information content (AvgIpc) is 2.95. The van der Waals surface area contributed by atoms with Crippen LogP contribution < -0.4 is 10.7 Å². The van der Waals surface area contributed by atoms with Crippen LogP contribution in [0.15, 0.2) is 94.8 Å². The minimum absolute atomic E-state index is 0.0319. The number of nitrogens with one attached hydrogen (secondary N) is 1. The minimum atomic E-state index is -4.60. The largest absolute Gasteiger partial charge is 0.416 e. The first-order chi connectivity index (χ1) is 19.4. The maximum Gasteiger partial charge on any atom is 0.416 e. The normalized spacial score (nSPS) is 10.6. The van der Waals surface area contributed by atoms with Crippen LogP contribution in [0.5, 0.6) is 0 Å². The highest BCUT2D eigenvalue weighted by Gasteiger charge is 2.31. The third-order valence-corrected chi connectivity index (χ3v) is 5.72. The van der Waals surface area contributed by atoms with Crippen molar-refractivity contribution in [3.05, 3.63) is 113 Å². The first kappa shape index (κ1) is 32.3. The summed E-state index contributed by atoms with van der Waals surface area (Å²) in [6.45, 7) is 11.3. The van der Waals surface area contributed by atoms with Crippen LogP contribution in [0.4, 0.5) is 13.2 Å². The number of allylic oxidation sites excluding steroid dienone is 2. The molecule has 3 aromatic rings. The van der Waals surface area contributed by atoms with E-state index in [-0.39, 0.29) is 34.7 Å². The van der Waals surface area contributed by atoms with Crippen LogP contribution in [-0.2, 0) is 17.6 Å². The van der Waals surface area contributed by atoms with Crippen molar-refractivity contribution in [2.45, 2.75) is 26.4 Å². The average molecular weight is 583 g/mol. The summed E-state index contributed by atoms with van der Waals surface area (Å²) in [6.07, 6.45) is 6.55. The lowest BCUT2D eigenvalue weighted by Gasteiger charge is -2.17. The van der Waals surface area contributed by atoms with Crippen molar-refractivity contribution in [3.8, 4) is 23.0 Å². The molecule has 0 bridgehead atoms. The number of amides is 1. The molecular formula is C28H25F3N6O3S. The summed E-state index contributed by atoms with van der Waals surface area (Å²) in [7, 11) is 0. The van der Waals surface area contributed by atoms with Gasteiger partial charge in [0.15, 0.2) is 0 Å². The number of aromatic nitrogens is 3. The lowest BCUT2D eigenvalue weighted by Crippen LogP contribution is -2.32. The number of hydrogen-bond donors (Lipinski definition) is 1. The SMILES string of the molecule is C=C(/C=C\C(=C)CNC(=O)c1cn(-c2cncnc2)c(C)c(-c2cccc(C(F)(F)F)c2)c1=O)CC.N#CN=S=O. The van der Waals surface area contributed by atoms with Gasteiger partial charge in [-0.1, -0.05) is 54.3 Å². The van der Waals surface area contributed by atoms with Crippen molar-refractivity contribution in [1.29, 1.82) is 5.26 Å². The van der Waals surface area contributed by atoms with E-state index < -0.39 is 23.1 Å². The number of carbonyl (C=O) groups is 1. The molecule has 0 atom stereocenters. The zero-order chi connectivity index (χ0) is 30.6. The van der Waals surface area contributed by atoms with Gasteiger partial charge in [0.1, 0.15) is 11.9 Å². The van der Waals surface area contributed by atoms with Gasteiger partial charge in [0, 0.05) is 24.0 Å². The second-order valence-electron chi connectivity index (χ2n) is 8.33. The summed E-state index contributed by atoms with van der Waals surface area (Å²) >= 11 is -0.0845. The number of hydrogen-bond acceptors (Lipinski definition) is 7. The van der Waals surface area contributed by atoms with Gasteiger partial charge < -0.3 is 9.88 Å². The maximum atomic E-state index is 13.4. The highest BCUT2D eigenvalue weighted by atomic mass is 32.1. The molecule has 2 aromatic heterocycles. The summed E-state index contributed by atoms with van der Waals surface area (Å²) in [5.74, 6) is -0.692. The molecule has 0 fully saturated rings. The zero-order valence-corrected chi connectivity index (χ0v) is 22.9. The molecule has 212 valence electrons. The third kappa shape index (κ3) is 9.04. The predicted molar refractivity (Wildman–Crippen MR) is 149 cm³/mol. The van der Waals surface area contributed by atoms with E-state index in [2.05, 4.69) is 32.8 Å². The Morgan fingerprint density at radius 1 is 1.22 bits per heavy atom. The Kier molecular flexibility index (Phi) is 11.8. The van der Waals surface area contributed by atoms with Crippen LogP contribution in [-0.4, -0.2) is 31.2 Å². The second-order valence-corrected chi connectivity index (χ2v) is 8.66. The van der Waals surface area contributed by atoms with Crippen molar-refractivity contribution in [2.24, 2.45) is 4.36 Å². The van der Waals surface area contributed by atoms with Crippen LogP contribution in [0.3, 0.4) is 0 Å².